The molecule has 0 aliphatic carbocycles. The van der Waals surface area contributed by atoms with Crippen LogP contribution in [0.25, 0.3) is 0 Å². The smallest absolute Gasteiger partial charge is 0.414 e. The van der Waals surface area contributed by atoms with Gasteiger partial charge in [0.05, 0.1) is 33.0 Å². The summed E-state index contributed by atoms with van der Waals surface area (Å²) in [6, 6.07) is 16.7. The topological polar surface area (TPSA) is 96.0 Å². The Morgan fingerprint density at radius 2 is 1.50 bits per heavy atom. The predicted molar refractivity (Wildman–Crippen MR) is 131 cm³/mol. The highest BCUT2D eigenvalue weighted by Crippen LogP contribution is 2.34. The van der Waals surface area contributed by atoms with Gasteiger partial charge in [-0.05, 0) is 38.0 Å². The van der Waals surface area contributed by atoms with Crippen molar-refractivity contribution in [2.75, 3.05) is 38.9 Å². The molecule has 0 saturated heterocycles. The second-order valence-electron chi connectivity index (χ2n) is 9.40. The number of rotatable bonds is 8. The fraction of sp³-hybridized carbons (Fsp3) is 0.462. The van der Waals surface area contributed by atoms with Crippen LogP contribution in [0.3, 0.4) is 0 Å². The molecule has 0 fully saturated rings. The lowest BCUT2D eigenvalue weighted by atomic mass is 9.99. The molecular weight excluding hydrogens is 468 g/mol. The summed E-state index contributed by atoms with van der Waals surface area (Å²) >= 11 is 0. The van der Waals surface area contributed by atoms with Gasteiger partial charge in [-0.15, -0.1) is 0 Å². The van der Waals surface area contributed by atoms with Crippen LogP contribution in [0.5, 0.6) is 0 Å². The molecule has 10 nitrogen and oxygen atoms in total. The molecule has 1 heterocycles. The Hall–Kier alpha value is -3.18. The van der Waals surface area contributed by atoms with Gasteiger partial charge in [-0.3, -0.25) is 9.80 Å². The highest BCUT2D eigenvalue weighted by atomic mass is 17.2. The fourth-order valence-corrected chi connectivity index (χ4v) is 3.87. The number of anilines is 1. The molecule has 0 spiro atoms. The molecule has 2 amide bonds. The number of amides is 2. The van der Waals surface area contributed by atoms with Gasteiger partial charge in [0.25, 0.3) is 0 Å². The molecule has 0 bridgehead atoms. The molecular formula is C26H34N2O8. The van der Waals surface area contributed by atoms with E-state index in [-0.39, 0.29) is 32.9 Å². The van der Waals surface area contributed by atoms with Gasteiger partial charge in [0.1, 0.15) is 31.0 Å². The summed E-state index contributed by atoms with van der Waals surface area (Å²) in [6.45, 7) is 5.24. The van der Waals surface area contributed by atoms with E-state index < -0.39 is 23.3 Å². The summed E-state index contributed by atoms with van der Waals surface area (Å²) in [5.74, 6) is 0. The van der Waals surface area contributed by atoms with Crippen LogP contribution in [0, 0.1) is 0 Å². The van der Waals surface area contributed by atoms with Crippen LogP contribution >= 0.6 is 0 Å². The average Bonchev–Trinajstić information content (AvgIpc) is 3.00. The molecule has 0 aromatic heterocycles. The first-order chi connectivity index (χ1) is 17.2. The Morgan fingerprint density at radius 3 is 2.11 bits per heavy atom. The standard InChI is InChI=1S/C26H34N2O8/c1-25(2,3)36-24(30)28-15-21-13-9-10-14-22(21)27(17-26(28,18-34-31-4)19-35-32-5)23(29)33-16-20-11-7-6-8-12-20/h6-14H,15-19H2,1-5H3. The predicted octanol–water partition coefficient (Wildman–Crippen LogP) is 4.48. The monoisotopic (exact) mass is 502 g/mol. The average molecular weight is 503 g/mol. The van der Waals surface area contributed by atoms with E-state index in [1.54, 1.807) is 26.8 Å². The van der Waals surface area contributed by atoms with E-state index in [4.69, 9.17) is 29.0 Å². The summed E-state index contributed by atoms with van der Waals surface area (Å²) < 4.78 is 11.4. The minimum atomic E-state index is -1.25. The number of hydrogen-bond acceptors (Lipinski definition) is 8. The van der Waals surface area contributed by atoms with Gasteiger partial charge in [0, 0.05) is 0 Å². The van der Waals surface area contributed by atoms with Crippen LogP contribution in [0.2, 0.25) is 0 Å². The molecule has 3 rings (SSSR count). The molecule has 0 N–H and O–H groups in total. The molecule has 1 aliphatic rings. The third kappa shape index (κ3) is 6.94. The van der Waals surface area contributed by atoms with Gasteiger partial charge >= 0.3 is 12.2 Å². The van der Waals surface area contributed by atoms with Crippen molar-refractivity contribution >= 4 is 17.9 Å². The van der Waals surface area contributed by atoms with Gasteiger partial charge in [0.2, 0.25) is 0 Å². The van der Waals surface area contributed by atoms with Crippen molar-refractivity contribution in [3.05, 3.63) is 65.7 Å². The maximum Gasteiger partial charge on any atom is 0.414 e. The Morgan fingerprint density at radius 1 is 0.889 bits per heavy atom. The molecule has 0 radical (unpaired) electrons. The van der Waals surface area contributed by atoms with Crippen LogP contribution in [-0.4, -0.2) is 62.2 Å². The lowest BCUT2D eigenvalue weighted by Gasteiger charge is -2.42. The summed E-state index contributed by atoms with van der Waals surface area (Å²) in [5.41, 5.74) is 0.158. The van der Waals surface area contributed by atoms with Gasteiger partial charge in [-0.2, -0.15) is 0 Å². The zero-order valence-electron chi connectivity index (χ0n) is 21.4. The van der Waals surface area contributed by atoms with E-state index >= 15 is 0 Å². The largest absolute Gasteiger partial charge is 0.444 e. The third-order valence-electron chi connectivity index (χ3n) is 5.57. The lowest BCUT2D eigenvalue weighted by Crippen LogP contribution is -2.63. The first-order valence-electron chi connectivity index (χ1n) is 11.6. The molecule has 0 unspecified atom stereocenters. The number of carbonyl (C=O) groups excluding carboxylic acids is 2. The van der Waals surface area contributed by atoms with E-state index in [9.17, 15) is 9.59 Å². The summed E-state index contributed by atoms with van der Waals surface area (Å²) in [7, 11) is 2.72. The van der Waals surface area contributed by atoms with Crippen molar-refractivity contribution in [2.24, 2.45) is 0 Å². The van der Waals surface area contributed by atoms with E-state index in [0.29, 0.717) is 5.69 Å². The zero-order chi connectivity index (χ0) is 26.2. The Kier molecular flexibility index (Phi) is 9.27. The third-order valence-corrected chi connectivity index (χ3v) is 5.57. The van der Waals surface area contributed by atoms with E-state index in [1.165, 1.54) is 24.0 Å². The molecule has 2 aromatic carbocycles. The maximum atomic E-state index is 13.5. The SMILES string of the molecule is COOCC1(COOC)CN(C(=O)OCc2ccccc2)c2ccccc2CN1C(=O)OC(C)(C)C. The van der Waals surface area contributed by atoms with Crippen molar-refractivity contribution in [1.82, 2.24) is 4.90 Å². The van der Waals surface area contributed by atoms with Crippen LogP contribution in [0.4, 0.5) is 15.3 Å². The van der Waals surface area contributed by atoms with Crippen molar-refractivity contribution in [3.8, 4) is 0 Å². The normalized spacial score (nSPS) is 15.1. The van der Waals surface area contributed by atoms with Crippen molar-refractivity contribution in [2.45, 2.75) is 45.1 Å². The second-order valence-corrected chi connectivity index (χ2v) is 9.40. The highest BCUT2D eigenvalue weighted by Gasteiger charge is 2.48. The number of benzene rings is 2. The zero-order valence-corrected chi connectivity index (χ0v) is 21.4. The minimum Gasteiger partial charge on any atom is -0.444 e. The molecule has 36 heavy (non-hydrogen) atoms. The number of nitrogens with zero attached hydrogens (tertiary/aromatic N) is 2. The molecule has 196 valence electrons. The number of para-hydroxylation sites is 1. The van der Waals surface area contributed by atoms with Gasteiger partial charge in [-0.1, -0.05) is 48.5 Å². The van der Waals surface area contributed by atoms with Crippen LogP contribution in [-0.2, 0) is 42.2 Å². The summed E-state index contributed by atoms with van der Waals surface area (Å²) in [6.07, 6.45) is -1.19. The molecule has 1 aliphatic heterocycles. The first kappa shape index (κ1) is 27.4. The highest BCUT2D eigenvalue weighted by molar-refractivity contribution is 5.89. The van der Waals surface area contributed by atoms with Crippen molar-refractivity contribution in [3.63, 3.8) is 0 Å². The number of carbonyl (C=O) groups is 2. The fourth-order valence-electron chi connectivity index (χ4n) is 3.87. The van der Waals surface area contributed by atoms with Crippen molar-refractivity contribution in [1.29, 1.82) is 0 Å². The number of fused-ring (bicyclic) bond motifs is 1. The van der Waals surface area contributed by atoms with Gasteiger partial charge < -0.3 is 9.47 Å². The minimum absolute atomic E-state index is 0.0381. The van der Waals surface area contributed by atoms with E-state index in [2.05, 4.69) is 0 Å². The second kappa shape index (κ2) is 12.2. The first-order valence-corrected chi connectivity index (χ1v) is 11.6. The molecule has 0 atom stereocenters. The van der Waals surface area contributed by atoms with E-state index in [1.807, 2.05) is 48.5 Å². The molecule has 2 aromatic rings. The molecule has 0 saturated carbocycles. The number of hydrogen-bond donors (Lipinski definition) is 0. The van der Waals surface area contributed by atoms with Gasteiger partial charge in [-0.25, -0.2) is 29.1 Å². The van der Waals surface area contributed by atoms with Crippen molar-refractivity contribution < 1.29 is 38.6 Å². The van der Waals surface area contributed by atoms with Crippen LogP contribution in [0.15, 0.2) is 54.6 Å². The molecule has 10 heteroatoms. The summed E-state index contributed by atoms with van der Waals surface area (Å²) in [5, 5.41) is 0. The van der Waals surface area contributed by atoms with Crippen LogP contribution < -0.4 is 4.90 Å². The van der Waals surface area contributed by atoms with Gasteiger partial charge in [0.15, 0.2) is 0 Å². The maximum absolute atomic E-state index is 13.5. The summed E-state index contributed by atoms with van der Waals surface area (Å²) in [4.78, 5) is 50.3. The Labute approximate surface area is 211 Å². The van der Waals surface area contributed by atoms with E-state index in [0.717, 1.165) is 11.1 Å². The Balaban J connectivity index is 2.03. The Bertz CT molecular complexity index is 1000. The number of ether oxygens (including phenoxy) is 2. The van der Waals surface area contributed by atoms with Crippen LogP contribution in [0.1, 0.15) is 31.9 Å². The lowest BCUT2D eigenvalue weighted by molar-refractivity contribution is -0.320. The quantitative estimate of drug-likeness (QED) is 0.385.